The summed E-state index contributed by atoms with van der Waals surface area (Å²) in [5.74, 6) is 0. The Kier molecular flexibility index (Phi) is 10.8. The largest absolute Gasteiger partial charge is 0.382 e. The SMILES string of the molecule is CCCC(Br)CCCOCCOC. The van der Waals surface area contributed by atoms with Crippen LogP contribution in [0.4, 0.5) is 0 Å². The number of rotatable bonds is 9. The van der Waals surface area contributed by atoms with Crippen LogP contribution in [0.25, 0.3) is 0 Å². The Morgan fingerprint density at radius 3 is 2.54 bits per heavy atom. The summed E-state index contributed by atoms with van der Waals surface area (Å²) in [5, 5.41) is 0. The van der Waals surface area contributed by atoms with Crippen LogP contribution in [0.2, 0.25) is 0 Å². The highest BCUT2D eigenvalue weighted by Crippen LogP contribution is 2.13. The van der Waals surface area contributed by atoms with E-state index >= 15 is 0 Å². The number of methoxy groups -OCH3 is 1. The van der Waals surface area contributed by atoms with E-state index in [1.54, 1.807) is 7.11 Å². The minimum absolute atomic E-state index is 0.670. The molecule has 0 saturated heterocycles. The van der Waals surface area contributed by atoms with Crippen LogP contribution in [0, 0.1) is 0 Å². The zero-order chi connectivity index (χ0) is 9.94. The van der Waals surface area contributed by atoms with Crippen LogP contribution in [-0.2, 0) is 9.47 Å². The summed E-state index contributed by atoms with van der Waals surface area (Å²) in [6.45, 7) is 4.49. The van der Waals surface area contributed by atoms with Gasteiger partial charge in [0.25, 0.3) is 0 Å². The molecule has 0 N–H and O–H groups in total. The number of hydrogen-bond acceptors (Lipinski definition) is 2. The maximum atomic E-state index is 5.36. The molecule has 0 aromatic rings. The first-order valence-corrected chi connectivity index (χ1v) is 5.93. The quantitative estimate of drug-likeness (QED) is 0.464. The van der Waals surface area contributed by atoms with Crippen molar-refractivity contribution in [3.8, 4) is 0 Å². The van der Waals surface area contributed by atoms with Gasteiger partial charge in [0.15, 0.2) is 0 Å². The summed E-state index contributed by atoms with van der Waals surface area (Å²) in [6.07, 6.45) is 4.86. The first-order valence-electron chi connectivity index (χ1n) is 5.02. The van der Waals surface area contributed by atoms with Crippen LogP contribution < -0.4 is 0 Å². The number of ether oxygens (including phenoxy) is 2. The minimum atomic E-state index is 0.670. The normalized spacial score (nSPS) is 13.2. The van der Waals surface area contributed by atoms with E-state index in [9.17, 15) is 0 Å². The van der Waals surface area contributed by atoms with Gasteiger partial charge in [0.1, 0.15) is 0 Å². The molecule has 1 atom stereocenters. The highest BCUT2D eigenvalue weighted by atomic mass is 79.9. The van der Waals surface area contributed by atoms with E-state index in [1.807, 2.05) is 0 Å². The fourth-order valence-corrected chi connectivity index (χ4v) is 1.89. The topological polar surface area (TPSA) is 18.5 Å². The molecule has 0 radical (unpaired) electrons. The summed E-state index contributed by atoms with van der Waals surface area (Å²) < 4.78 is 10.2. The summed E-state index contributed by atoms with van der Waals surface area (Å²) >= 11 is 3.64. The smallest absolute Gasteiger partial charge is 0.0700 e. The maximum Gasteiger partial charge on any atom is 0.0700 e. The van der Waals surface area contributed by atoms with Crippen molar-refractivity contribution in [2.24, 2.45) is 0 Å². The second kappa shape index (κ2) is 10.5. The predicted molar refractivity (Wildman–Crippen MR) is 59.6 cm³/mol. The van der Waals surface area contributed by atoms with E-state index in [1.165, 1.54) is 19.3 Å². The number of halogens is 1. The van der Waals surface area contributed by atoms with Gasteiger partial charge < -0.3 is 9.47 Å². The van der Waals surface area contributed by atoms with Crippen molar-refractivity contribution >= 4 is 15.9 Å². The second-order valence-corrected chi connectivity index (χ2v) is 4.43. The lowest BCUT2D eigenvalue weighted by Gasteiger charge is -2.08. The van der Waals surface area contributed by atoms with Gasteiger partial charge in [-0.25, -0.2) is 0 Å². The molecule has 0 saturated carbocycles. The van der Waals surface area contributed by atoms with Crippen molar-refractivity contribution in [1.29, 1.82) is 0 Å². The van der Waals surface area contributed by atoms with Gasteiger partial charge in [0.05, 0.1) is 13.2 Å². The molecular weight excluding hydrogens is 232 g/mol. The summed E-state index contributed by atoms with van der Waals surface area (Å²) in [4.78, 5) is 0.670. The van der Waals surface area contributed by atoms with Crippen molar-refractivity contribution in [1.82, 2.24) is 0 Å². The molecule has 0 fully saturated rings. The van der Waals surface area contributed by atoms with Crippen LogP contribution in [0.3, 0.4) is 0 Å². The Hall–Kier alpha value is 0.400. The first kappa shape index (κ1) is 13.4. The van der Waals surface area contributed by atoms with Crippen molar-refractivity contribution in [3.63, 3.8) is 0 Å². The average Bonchev–Trinajstić information content (AvgIpc) is 2.11. The lowest BCUT2D eigenvalue weighted by molar-refractivity contribution is 0.0687. The molecule has 3 heteroatoms. The summed E-state index contributed by atoms with van der Waals surface area (Å²) in [5.41, 5.74) is 0. The molecule has 13 heavy (non-hydrogen) atoms. The number of alkyl halides is 1. The van der Waals surface area contributed by atoms with Crippen molar-refractivity contribution < 1.29 is 9.47 Å². The number of hydrogen-bond donors (Lipinski definition) is 0. The molecule has 0 aliphatic carbocycles. The fourth-order valence-electron chi connectivity index (χ4n) is 1.11. The third-order valence-electron chi connectivity index (χ3n) is 1.84. The average molecular weight is 253 g/mol. The zero-order valence-electron chi connectivity index (χ0n) is 8.72. The molecule has 0 spiro atoms. The second-order valence-electron chi connectivity index (χ2n) is 3.13. The summed E-state index contributed by atoms with van der Waals surface area (Å²) in [6, 6.07) is 0. The van der Waals surface area contributed by atoms with Crippen molar-refractivity contribution in [2.45, 2.75) is 37.4 Å². The molecule has 0 aliphatic heterocycles. The van der Waals surface area contributed by atoms with Gasteiger partial charge in [0.2, 0.25) is 0 Å². The van der Waals surface area contributed by atoms with Gasteiger partial charge in [-0.15, -0.1) is 0 Å². The van der Waals surface area contributed by atoms with Gasteiger partial charge in [-0.1, -0.05) is 29.3 Å². The molecule has 2 nitrogen and oxygen atoms in total. The van der Waals surface area contributed by atoms with Gasteiger partial charge in [0, 0.05) is 18.5 Å². The molecule has 0 amide bonds. The Bertz CT molecular complexity index is 98.9. The fraction of sp³-hybridized carbons (Fsp3) is 1.00. The van der Waals surface area contributed by atoms with E-state index in [0.29, 0.717) is 11.4 Å². The first-order chi connectivity index (χ1) is 6.31. The van der Waals surface area contributed by atoms with Crippen LogP contribution in [0.15, 0.2) is 0 Å². The predicted octanol–water partition coefficient (Wildman–Crippen LogP) is 2.99. The molecule has 0 aromatic heterocycles. The highest BCUT2D eigenvalue weighted by molar-refractivity contribution is 9.09. The molecule has 0 heterocycles. The minimum Gasteiger partial charge on any atom is -0.382 e. The highest BCUT2D eigenvalue weighted by Gasteiger charge is 2.01. The molecule has 80 valence electrons. The lowest BCUT2D eigenvalue weighted by Crippen LogP contribution is -2.05. The van der Waals surface area contributed by atoms with Gasteiger partial charge in [-0.3, -0.25) is 0 Å². The summed E-state index contributed by atoms with van der Waals surface area (Å²) in [7, 11) is 1.69. The van der Waals surface area contributed by atoms with Crippen LogP contribution in [0.1, 0.15) is 32.6 Å². The molecular formula is C10H21BrO2. The van der Waals surface area contributed by atoms with E-state index in [-0.39, 0.29) is 0 Å². The third kappa shape index (κ3) is 10.3. The Labute approximate surface area is 90.1 Å². The maximum absolute atomic E-state index is 5.36. The van der Waals surface area contributed by atoms with E-state index in [2.05, 4.69) is 22.9 Å². The van der Waals surface area contributed by atoms with Gasteiger partial charge in [-0.05, 0) is 19.3 Å². The van der Waals surface area contributed by atoms with E-state index in [0.717, 1.165) is 19.6 Å². The Morgan fingerprint density at radius 2 is 1.92 bits per heavy atom. The van der Waals surface area contributed by atoms with Gasteiger partial charge in [-0.2, -0.15) is 0 Å². The lowest BCUT2D eigenvalue weighted by atomic mass is 10.2. The van der Waals surface area contributed by atoms with Crippen molar-refractivity contribution in [2.75, 3.05) is 26.9 Å². The Balaban J connectivity index is 2.97. The van der Waals surface area contributed by atoms with Crippen LogP contribution >= 0.6 is 15.9 Å². The third-order valence-corrected chi connectivity index (χ3v) is 2.76. The standard InChI is InChI=1S/C10H21BrO2/c1-3-5-10(11)6-4-7-13-9-8-12-2/h10H,3-9H2,1-2H3. The molecule has 0 aliphatic rings. The van der Waals surface area contributed by atoms with E-state index < -0.39 is 0 Å². The molecule has 0 aromatic carbocycles. The monoisotopic (exact) mass is 252 g/mol. The van der Waals surface area contributed by atoms with E-state index in [4.69, 9.17) is 9.47 Å². The van der Waals surface area contributed by atoms with Gasteiger partial charge >= 0.3 is 0 Å². The van der Waals surface area contributed by atoms with Crippen LogP contribution in [-0.4, -0.2) is 31.8 Å². The Morgan fingerprint density at radius 1 is 1.15 bits per heavy atom. The molecule has 0 bridgehead atoms. The van der Waals surface area contributed by atoms with Crippen molar-refractivity contribution in [3.05, 3.63) is 0 Å². The van der Waals surface area contributed by atoms with Crippen LogP contribution in [0.5, 0.6) is 0 Å². The molecule has 0 rings (SSSR count). The zero-order valence-corrected chi connectivity index (χ0v) is 10.3. The molecule has 1 unspecified atom stereocenters.